The molecule has 1 amide bonds. The van der Waals surface area contributed by atoms with Crippen LogP contribution in [0.4, 0.5) is 4.79 Å². The maximum Gasteiger partial charge on any atom is 0.409 e. The van der Waals surface area contributed by atoms with Gasteiger partial charge in [0.15, 0.2) is 5.16 Å². The molecular weight excluding hydrogens is 312 g/mol. The fraction of sp³-hybridized carbons (Fsp3) is 0.438. The SMILES string of the molecule is Cc1cccc(-n2c(C)nnc2SCCCN2CCOC2=O)c1. The summed E-state index contributed by atoms with van der Waals surface area (Å²) in [4.78, 5) is 13.1. The Bertz CT molecular complexity index is 701. The lowest BCUT2D eigenvalue weighted by Crippen LogP contribution is -2.25. The summed E-state index contributed by atoms with van der Waals surface area (Å²) in [7, 11) is 0. The van der Waals surface area contributed by atoms with Crippen molar-refractivity contribution in [1.29, 1.82) is 0 Å². The van der Waals surface area contributed by atoms with Crippen LogP contribution in [-0.2, 0) is 4.74 Å². The Balaban J connectivity index is 1.61. The molecule has 0 N–H and O–H groups in total. The van der Waals surface area contributed by atoms with Gasteiger partial charge in [0.1, 0.15) is 12.4 Å². The zero-order valence-corrected chi connectivity index (χ0v) is 14.2. The Labute approximate surface area is 139 Å². The van der Waals surface area contributed by atoms with Gasteiger partial charge in [0, 0.05) is 18.0 Å². The summed E-state index contributed by atoms with van der Waals surface area (Å²) in [6.07, 6.45) is 0.702. The van der Waals surface area contributed by atoms with Gasteiger partial charge in [-0.3, -0.25) is 4.57 Å². The summed E-state index contributed by atoms with van der Waals surface area (Å²) in [6, 6.07) is 8.30. The van der Waals surface area contributed by atoms with E-state index in [4.69, 9.17) is 4.74 Å². The Morgan fingerprint density at radius 1 is 1.30 bits per heavy atom. The maximum absolute atomic E-state index is 11.4. The Hall–Kier alpha value is -2.02. The van der Waals surface area contributed by atoms with Crippen LogP contribution in [-0.4, -0.2) is 51.2 Å². The number of thioether (sulfide) groups is 1. The van der Waals surface area contributed by atoms with Gasteiger partial charge < -0.3 is 9.64 Å². The monoisotopic (exact) mass is 332 g/mol. The van der Waals surface area contributed by atoms with Gasteiger partial charge in [-0.15, -0.1) is 10.2 Å². The number of rotatable bonds is 6. The van der Waals surface area contributed by atoms with Crippen LogP contribution in [0, 0.1) is 13.8 Å². The second-order valence-corrected chi connectivity index (χ2v) is 6.57. The van der Waals surface area contributed by atoms with E-state index in [2.05, 4.69) is 39.9 Å². The highest BCUT2D eigenvalue weighted by molar-refractivity contribution is 7.99. The quantitative estimate of drug-likeness (QED) is 0.601. The van der Waals surface area contributed by atoms with E-state index < -0.39 is 0 Å². The van der Waals surface area contributed by atoms with Gasteiger partial charge in [-0.05, 0) is 38.0 Å². The predicted molar refractivity (Wildman–Crippen MR) is 89.1 cm³/mol. The lowest BCUT2D eigenvalue weighted by molar-refractivity contribution is 0.158. The van der Waals surface area contributed by atoms with Gasteiger partial charge in [0.25, 0.3) is 0 Å². The Kier molecular flexibility index (Phi) is 4.85. The molecule has 0 spiro atoms. The zero-order chi connectivity index (χ0) is 16.2. The standard InChI is InChI=1S/C16H20N4O2S/c1-12-5-3-6-14(11-12)20-13(2)17-18-15(20)23-10-4-7-19-8-9-22-16(19)21/h3,5-6,11H,4,7-10H2,1-2H3. The van der Waals surface area contributed by atoms with E-state index >= 15 is 0 Å². The van der Waals surface area contributed by atoms with Crippen LogP contribution in [0.15, 0.2) is 29.4 Å². The van der Waals surface area contributed by atoms with Gasteiger partial charge in [0.05, 0.1) is 6.54 Å². The van der Waals surface area contributed by atoms with E-state index in [1.54, 1.807) is 16.7 Å². The molecular formula is C16H20N4O2S. The molecule has 0 unspecified atom stereocenters. The minimum Gasteiger partial charge on any atom is -0.448 e. The number of cyclic esters (lactones) is 1. The summed E-state index contributed by atoms with van der Waals surface area (Å²) in [5, 5.41) is 9.36. The molecule has 23 heavy (non-hydrogen) atoms. The molecule has 1 aliphatic rings. The predicted octanol–water partition coefficient (Wildman–Crippen LogP) is 2.82. The molecule has 1 fully saturated rings. The van der Waals surface area contributed by atoms with E-state index in [-0.39, 0.29) is 6.09 Å². The second kappa shape index (κ2) is 7.04. The van der Waals surface area contributed by atoms with Gasteiger partial charge in [-0.25, -0.2) is 4.79 Å². The molecule has 2 aromatic rings. The molecule has 1 aliphatic heterocycles. The molecule has 3 rings (SSSR count). The molecule has 0 atom stereocenters. The van der Waals surface area contributed by atoms with Gasteiger partial charge >= 0.3 is 6.09 Å². The number of hydrogen-bond donors (Lipinski definition) is 0. The second-order valence-electron chi connectivity index (χ2n) is 5.51. The molecule has 0 radical (unpaired) electrons. The molecule has 0 aliphatic carbocycles. The Morgan fingerprint density at radius 2 is 2.17 bits per heavy atom. The van der Waals surface area contributed by atoms with Crippen LogP contribution in [0.1, 0.15) is 17.8 Å². The molecule has 1 saturated heterocycles. The van der Waals surface area contributed by atoms with Crippen molar-refractivity contribution in [2.75, 3.05) is 25.4 Å². The molecule has 0 bridgehead atoms. The van der Waals surface area contributed by atoms with Crippen LogP contribution >= 0.6 is 11.8 Å². The number of ether oxygens (including phenoxy) is 1. The number of amides is 1. The van der Waals surface area contributed by atoms with Crippen LogP contribution < -0.4 is 0 Å². The normalized spacial score (nSPS) is 14.3. The molecule has 0 saturated carbocycles. The van der Waals surface area contributed by atoms with Crippen LogP contribution in [0.5, 0.6) is 0 Å². The van der Waals surface area contributed by atoms with Crippen LogP contribution in [0.2, 0.25) is 0 Å². The average Bonchev–Trinajstić information content (AvgIpc) is 3.10. The van der Waals surface area contributed by atoms with Gasteiger partial charge in [0.2, 0.25) is 0 Å². The minimum absolute atomic E-state index is 0.200. The topological polar surface area (TPSA) is 60.3 Å². The molecule has 1 aromatic heterocycles. The number of hydrogen-bond acceptors (Lipinski definition) is 5. The van der Waals surface area contributed by atoms with Gasteiger partial charge in [-0.1, -0.05) is 23.9 Å². The molecule has 7 heteroatoms. The fourth-order valence-electron chi connectivity index (χ4n) is 2.55. The first-order valence-electron chi connectivity index (χ1n) is 7.69. The number of aromatic nitrogens is 3. The smallest absolute Gasteiger partial charge is 0.409 e. The van der Waals surface area contributed by atoms with E-state index in [0.29, 0.717) is 13.2 Å². The van der Waals surface area contributed by atoms with Crippen molar-refractivity contribution in [2.24, 2.45) is 0 Å². The fourth-order valence-corrected chi connectivity index (χ4v) is 3.47. The highest BCUT2D eigenvalue weighted by Crippen LogP contribution is 2.23. The van der Waals surface area contributed by atoms with Crippen molar-refractivity contribution in [3.05, 3.63) is 35.7 Å². The largest absolute Gasteiger partial charge is 0.448 e. The van der Waals surface area contributed by atoms with Gasteiger partial charge in [-0.2, -0.15) is 0 Å². The molecule has 122 valence electrons. The third-order valence-corrected chi connectivity index (χ3v) is 4.72. The van der Waals surface area contributed by atoms with Crippen LogP contribution in [0.25, 0.3) is 5.69 Å². The molecule has 2 heterocycles. The maximum atomic E-state index is 11.4. The zero-order valence-electron chi connectivity index (χ0n) is 13.4. The highest BCUT2D eigenvalue weighted by Gasteiger charge is 2.21. The summed E-state index contributed by atoms with van der Waals surface area (Å²) >= 11 is 1.66. The van der Waals surface area contributed by atoms with E-state index in [1.807, 2.05) is 13.0 Å². The lowest BCUT2D eigenvalue weighted by atomic mass is 10.2. The number of nitrogens with zero attached hydrogens (tertiary/aromatic N) is 4. The number of carbonyl (C=O) groups is 1. The first-order valence-corrected chi connectivity index (χ1v) is 8.67. The van der Waals surface area contributed by atoms with Crippen molar-refractivity contribution in [3.8, 4) is 5.69 Å². The number of benzene rings is 1. The van der Waals surface area contributed by atoms with Crippen molar-refractivity contribution >= 4 is 17.9 Å². The van der Waals surface area contributed by atoms with Crippen molar-refractivity contribution in [2.45, 2.75) is 25.4 Å². The van der Waals surface area contributed by atoms with E-state index in [9.17, 15) is 4.79 Å². The first kappa shape index (κ1) is 15.9. The third kappa shape index (κ3) is 3.67. The summed E-state index contributed by atoms with van der Waals surface area (Å²) in [5.41, 5.74) is 2.29. The van der Waals surface area contributed by atoms with Crippen molar-refractivity contribution in [1.82, 2.24) is 19.7 Å². The average molecular weight is 332 g/mol. The number of carbonyl (C=O) groups excluding carboxylic acids is 1. The summed E-state index contributed by atoms with van der Waals surface area (Å²) in [5.74, 6) is 1.76. The summed E-state index contributed by atoms with van der Waals surface area (Å²) in [6.45, 7) is 5.96. The molecule has 6 nitrogen and oxygen atoms in total. The highest BCUT2D eigenvalue weighted by atomic mass is 32.2. The summed E-state index contributed by atoms with van der Waals surface area (Å²) < 4.78 is 7.00. The van der Waals surface area contributed by atoms with E-state index in [0.717, 1.165) is 35.4 Å². The van der Waals surface area contributed by atoms with Crippen LogP contribution in [0.3, 0.4) is 0 Å². The van der Waals surface area contributed by atoms with Crippen molar-refractivity contribution in [3.63, 3.8) is 0 Å². The third-order valence-electron chi connectivity index (χ3n) is 3.70. The first-order chi connectivity index (χ1) is 11.1. The lowest BCUT2D eigenvalue weighted by Gasteiger charge is -2.12. The number of aryl methyl sites for hydroxylation is 2. The van der Waals surface area contributed by atoms with E-state index in [1.165, 1.54) is 5.56 Å². The van der Waals surface area contributed by atoms with Crippen molar-refractivity contribution < 1.29 is 9.53 Å². The Morgan fingerprint density at radius 3 is 2.91 bits per heavy atom. The minimum atomic E-state index is -0.200. The molecule has 1 aromatic carbocycles.